The van der Waals surface area contributed by atoms with Gasteiger partial charge in [-0.05, 0) is 36.8 Å². The Hall–Kier alpha value is -3.65. The van der Waals surface area contributed by atoms with Crippen molar-refractivity contribution in [3.8, 4) is 0 Å². The number of thioether (sulfide) groups is 1. The number of aliphatic imine (C=N–C) groups is 1. The molecule has 0 fully saturated rings. The molecule has 0 atom stereocenters. The van der Waals surface area contributed by atoms with E-state index in [1.165, 1.54) is 12.1 Å². The van der Waals surface area contributed by atoms with Crippen LogP contribution in [0.3, 0.4) is 0 Å². The summed E-state index contributed by atoms with van der Waals surface area (Å²) in [5, 5.41) is 11.9. The van der Waals surface area contributed by atoms with Gasteiger partial charge in [0.1, 0.15) is 22.2 Å². The monoisotopic (exact) mass is 478 g/mol. The summed E-state index contributed by atoms with van der Waals surface area (Å²) in [7, 11) is 0. The van der Waals surface area contributed by atoms with Crippen molar-refractivity contribution in [3.63, 3.8) is 0 Å². The summed E-state index contributed by atoms with van der Waals surface area (Å²) < 4.78 is 20.7. The third-order valence-corrected chi connectivity index (χ3v) is 6.27. The number of carbonyl (C=O) groups is 2. The van der Waals surface area contributed by atoms with Crippen LogP contribution in [-0.2, 0) is 20.9 Å². The van der Waals surface area contributed by atoms with Crippen LogP contribution in [0, 0.1) is 5.82 Å². The van der Waals surface area contributed by atoms with Gasteiger partial charge in [0.15, 0.2) is 0 Å². The lowest BCUT2D eigenvalue weighted by Crippen LogP contribution is -2.14. The van der Waals surface area contributed by atoms with Gasteiger partial charge < -0.3 is 14.4 Å². The molecule has 3 aromatic rings. The van der Waals surface area contributed by atoms with Crippen molar-refractivity contribution in [2.24, 2.45) is 4.99 Å². The maximum atomic E-state index is 13.7. The van der Waals surface area contributed by atoms with Crippen molar-refractivity contribution in [2.45, 2.75) is 26.8 Å². The van der Waals surface area contributed by atoms with Crippen molar-refractivity contribution >= 4 is 45.7 Å². The SMILES string of the molecule is CCOC(=O)C1=C(O)/C(=C/c2cn(Cc3cccc(F)c3)c3ccccc23)SC1=NC(=O)CC. The van der Waals surface area contributed by atoms with Gasteiger partial charge in [0, 0.05) is 35.6 Å². The lowest BCUT2D eigenvalue weighted by Gasteiger charge is -2.05. The van der Waals surface area contributed by atoms with E-state index < -0.39 is 11.9 Å². The van der Waals surface area contributed by atoms with Crippen molar-refractivity contribution < 1.29 is 23.8 Å². The van der Waals surface area contributed by atoms with Gasteiger partial charge in [-0.15, -0.1) is 0 Å². The second-order valence-corrected chi connectivity index (χ2v) is 8.61. The van der Waals surface area contributed by atoms with Crippen LogP contribution in [-0.4, -0.2) is 33.2 Å². The van der Waals surface area contributed by atoms with Crippen molar-refractivity contribution in [1.82, 2.24) is 4.57 Å². The predicted molar refractivity (Wildman–Crippen MR) is 132 cm³/mol. The summed E-state index contributed by atoms with van der Waals surface area (Å²) in [6.45, 7) is 3.92. The van der Waals surface area contributed by atoms with Gasteiger partial charge in [0.05, 0.1) is 11.5 Å². The fraction of sp³-hybridized carbons (Fsp3) is 0.192. The topological polar surface area (TPSA) is 80.9 Å². The number of ether oxygens (including phenoxy) is 1. The highest BCUT2D eigenvalue weighted by molar-refractivity contribution is 8.18. The van der Waals surface area contributed by atoms with Crippen LogP contribution >= 0.6 is 11.8 Å². The Kier molecular flexibility index (Phi) is 6.98. The molecule has 1 aliphatic rings. The van der Waals surface area contributed by atoms with Crippen LogP contribution in [0.1, 0.15) is 31.4 Å². The molecule has 0 unspecified atom stereocenters. The minimum atomic E-state index is -0.730. The molecule has 34 heavy (non-hydrogen) atoms. The van der Waals surface area contributed by atoms with Gasteiger partial charge in [-0.25, -0.2) is 14.2 Å². The molecule has 0 aliphatic carbocycles. The third kappa shape index (κ3) is 4.82. The van der Waals surface area contributed by atoms with Gasteiger partial charge in [-0.2, -0.15) is 0 Å². The quantitative estimate of drug-likeness (QED) is 0.465. The van der Waals surface area contributed by atoms with Gasteiger partial charge in [-0.1, -0.05) is 49.0 Å². The number of aliphatic hydroxyl groups excluding tert-OH is 1. The number of benzene rings is 2. The first kappa shape index (κ1) is 23.5. The molecule has 0 radical (unpaired) electrons. The number of amides is 1. The minimum Gasteiger partial charge on any atom is -0.506 e. The summed E-state index contributed by atoms with van der Waals surface area (Å²) in [5.74, 6) is -1.70. The van der Waals surface area contributed by atoms with Gasteiger partial charge in [-0.3, -0.25) is 4.79 Å². The molecule has 6 nitrogen and oxygen atoms in total. The Bertz CT molecular complexity index is 1370. The maximum Gasteiger partial charge on any atom is 0.344 e. The van der Waals surface area contributed by atoms with E-state index in [0.29, 0.717) is 11.4 Å². The molecule has 0 saturated heterocycles. The standard InChI is InChI=1S/C26H23FN2O4S/c1-3-22(30)28-25-23(26(32)33-4-2)24(31)21(34-25)13-17-15-29(20-11-6-5-10-19(17)20)14-16-8-7-9-18(27)12-16/h5-13,15,31H,3-4,14H2,1-2H3/b21-13-,28-25?. The molecule has 174 valence electrons. The van der Waals surface area contributed by atoms with E-state index in [1.807, 2.05) is 41.1 Å². The molecule has 2 heterocycles. The molecule has 4 rings (SSSR count). The molecule has 0 saturated carbocycles. The molecule has 1 aliphatic heterocycles. The van der Waals surface area contributed by atoms with Crippen LogP contribution in [0.5, 0.6) is 0 Å². The number of aromatic nitrogens is 1. The van der Waals surface area contributed by atoms with Crippen molar-refractivity contribution in [3.05, 3.63) is 87.9 Å². The number of esters is 1. The number of nitrogens with zero attached hydrogens (tertiary/aromatic N) is 2. The number of halogens is 1. The van der Waals surface area contributed by atoms with E-state index in [-0.39, 0.29) is 35.2 Å². The number of para-hydroxylation sites is 1. The first-order chi connectivity index (χ1) is 16.4. The number of hydrogen-bond donors (Lipinski definition) is 1. The number of fused-ring (bicyclic) bond motifs is 1. The molecule has 1 amide bonds. The van der Waals surface area contributed by atoms with Gasteiger partial charge in [0.25, 0.3) is 0 Å². The zero-order chi connectivity index (χ0) is 24.2. The maximum absolute atomic E-state index is 13.7. The summed E-state index contributed by atoms with van der Waals surface area (Å²) >= 11 is 1.05. The van der Waals surface area contributed by atoms with E-state index in [4.69, 9.17) is 4.74 Å². The molecular weight excluding hydrogens is 455 g/mol. The Morgan fingerprint density at radius 2 is 1.97 bits per heavy atom. The van der Waals surface area contributed by atoms with E-state index in [0.717, 1.165) is 33.8 Å². The first-order valence-electron chi connectivity index (χ1n) is 10.9. The highest BCUT2D eigenvalue weighted by atomic mass is 32.2. The van der Waals surface area contributed by atoms with Crippen LogP contribution in [0.4, 0.5) is 4.39 Å². The molecule has 1 N–H and O–H groups in total. The van der Waals surface area contributed by atoms with Crippen molar-refractivity contribution in [1.29, 1.82) is 0 Å². The normalized spacial score (nSPS) is 16.1. The Morgan fingerprint density at radius 3 is 2.71 bits per heavy atom. The molecular formula is C26H23FN2O4S. The molecule has 0 bridgehead atoms. The number of aliphatic hydroxyl groups is 1. The average Bonchev–Trinajstić information content (AvgIpc) is 3.31. The Balaban J connectivity index is 1.78. The number of hydrogen-bond acceptors (Lipinski definition) is 5. The van der Waals surface area contributed by atoms with Crippen molar-refractivity contribution in [2.75, 3.05) is 6.61 Å². The highest BCUT2D eigenvalue weighted by Crippen LogP contribution is 2.40. The van der Waals surface area contributed by atoms with Crippen LogP contribution in [0.25, 0.3) is 17.0 Å². The van der Waals surface area contributed by atoms with Gasteiger partial charge in [0.2, 0.25) is 5.91 Å². The van der Waals surface area contributed by atoms with Crippen LogP contribution < -0.4 is 0 Å². The van der Waals surface area contributed by atoms with Crippen LogP contribution in [0.15, 0.2) is 76.0 Å². The lowest BCUT2D eigenvalue weighted by atomic mass is 10.1. The van der Waals surface area contributed by atoms with E-state index in [1.54, 1.807) is 26.0 Å². The first-order valence-corrected chi connectivity index (χ1v) is 11.7. The summed E-state index contributed by atoms with van der Waals surface area (Å²) in [6, 6.07) is 14.2. The van der Waals surface area contributed by atoms with Gasteiger partial charge >= 0.3 is 5.97 Å². The fourth-order valence-corrected chi connectivity index (χ4v) is 4.70. The minimum absolute atomic E-state index is 0.108. The molecule has 1 aromatic heterocycles. The second-order valence-electron chi connectivity index (χ2n) is 7.58. The van der Waals surface area contributed by atoms with E-state index in [9.17, 15) is 19.1 Å². The smallest absolute Gasteiger partial charge is 0.344 e. The zero-order valence-electron chi connectivity index (χ0n) is 18.7. The van der Waals surface area contributed by atoms with Crippen LogP contribution in [0.2, 0.25) is 0 Å². The fourth-order valence-electron chi connectivity index (χ4n) is 3.68. The second kappa shape index (κ2) is 10.1. The highest BCUT2D eigenvalue weighted by Gasteiger charge is 2.33. The lowest BCUT2D eigenvalue weighted by molar-refractivity contribution is -0.138. The van der Waals surface area contributed by atoms with E-state index in [2.05, 4.69) is 4.99 Å². The predicted octanol–water partition coefficient (Wildman–Crippen LogP) is 5.63. The summed E-state index contributed by atoms with van der Waals surface area (Å²) in [5.41, 5.74) is 2.44. The molecule has 2 aromatic carbocycles. The third-order valence-electron chi connectivity index (χ3n) is 5.25. The number of rotatable bonds is 6. The average molecular weight is 479 g/mol. The van der Waals surface area contributed by atoms with E-state index >= 15 is 0 Å². The largest absolute Gasteiger partial charge is 0.506 e. The summed E-state index contributed by atoms with van der Waals surface area (Å²) in [4.78, 5) is 28.8. The zero-order valence-corrected chi connectivity index (χ0v) is 19.6. The summed E-state index contributed by atoms with van der Waals surface area (Å²) in [6.07, 6.45) is 3.84. The number of carbonyl (C=O) groups excluding carboxylic acids is 2. The Labute approximate surface area is 200 Å². The molecule has 8 heteroatoms. The molecule has 0 spiro atoms. The Morgan fingerprint density at radius 1 is 1.18 bits per heavy atom.